The fourth-order valence-electron chi connectivity index (χ4n) is 3.15. The van der Waals surface area contributed by atoms with Gasteiger partial charge in [-0.25, -0.2) is 9.37 Å². The summed E-state index contributed by atoms with van der Waals surface area (Å²) in [5.74, 6) is 0.248. The second-order valence-electron chi connectivity index (χ2n) is 5.85. The Balaban J connectivity index is 1.69. The maximum Gasteiger partial charge on any atom is 0.166 e. The minimum absolute atomic E-state index is 0.238. The summed E-state index contributed by atoms with van der Waals surface area (Å²) >= 11 is 0. The van der Waals surface area contributed by atoms with Gasteiger partial charge in [-0.15, -0.1) is 0 Å². The lowest BCUT2D eigenvalue weighted by Crippen LogP contribution is -2.30. The van der Waals surface area contributed by atoms with Crippen LogP contribution in [0.25, 0.3) is 22.2 Å². The lowest BCUT2D eigenvalue weighted by molar-refractivity contribution is 0.550. The number of benzene rings is 1. The van der Waals surface area contributed by atoms with Crippen molar-refractivity contribution in [1.82, 2.24) is 9.97 Å². The Morgan fingerprint density at radius 3 is 2.64 bits per heavy atom. The first kappa shape index (κ1) is 13.3. The number of fused-ring (bicyclic) bond motifs is 1. The van der Waals surface area contributed by atoms with Gasteiger partial charge in [-0.05, 0) is 37.5 Å². The Kier molecular flexibility index (Phi) is 3.29. The number of nitrogens with one attached hydrogen (secondary N) is 1. The summed E-state index contributed by atoms with van der Waals surface area (Å²) in [6, 6.07) is 11.7. The van der Waals surface area contributed by atoms with Gasteiger partial charge in [-0.2, -0.15) is 0 Å². The molecule has 1 N–H and O–H groups in total. The van der Waals surface area contributed by atoms with Crippen molar-refractivity contribution in [3.63, 3.8) is 0 Å². The smallest absolute Gasteiger partial charge is 0.166 e. The van der Waals surface area contributed by atoms with Crippen LogP contribution < -0.4 is 4.90 Å². The molecule has 1 aromatic carbocycles. The van der Waals surface area contributed by atoms with Crippen LogP contribution >= 0.6 is 0 Å². The van der Waals surface area contributed by atoms with Crippen molar-refractivity contribution in [3.05, 3.63) is 48.4 Å². The van der Waals surface area contributed by atoms with Gasteiger partial charge < -0.3 is 9.88 Å². The third-order valence-corrected chi connectivity index (χ3v) is 4.32. The third-order valence-electron chi connectivity index (χ3n) is 4.32. The molecule has 22 heavy (non-hydrogen) atoms. The van der Waals surface area contributed by atoms with E-state index in [4.69, 9.17) is 0 Å². The predicted molar refractivity (Wildman–Crippen MR) is 87.6 cm³/mol. The monoisotopic (exact) mass is 295 g/mol. The first-order valence-electron chi connectivity index (χ1n) is 7.80. The molecule has 0 atom stereocenters. The first-order chi connectivity index (χ1) is 10.8. The number of para-hydroxylation sites is 1. The first-order valence-corrected chi connectivity index (χ1v) is 7.80. The number of rotatable bonds is 2. The number of hydrogen-bond donors (Lipinski definition) is 1. The van der Waals surface area contributed by atoms with E-state index in [0.717, 1.165) is 48.1 Å². The Morgan fingerprint density at radius 1 is 1.05 bits per heavy atom. The van der Waals surface area contributed by atoms with Crippen LogP contribution in [0, 0.1) is 5.82 Å². The van der Waals surface area contributed by atoms with Crippen molar-refractivity contribution in [2.24, 2.45) is 0 Å². The molecule has 0 amide bonds. The second-order valence-corrected chi connectivity index (χ2v) is 5.85. The van der Waals surface area contributed by atoms with Crippen LogP contribution in [0.5, 0.6) is 0 Å². The number of pyridine rings is 1. The summed E-state index contributed by atoms with van der Waals surface area (Å²) in [6.45, 7) is 1.80. The lowest BCUT2D eigenvalue weighted by Gasteiger charge is -2.28. The van der Waals surface area contributed by atoms with Crippen molar-refractivity contribution in [3.8, 4) is 11.3 Å². The number of piperidine rings is 1. The highest BCUT2D eigenvalue weighted by atomic mass is 19.1. The number of H-pyrrole nitrogens is 1. The zero-order chi connectivity index (χ0) is 14.9. The van der Waals surface area contributed by atoms with E-state index in [-0.39, 0.29) is 5.82 Å². The van der Waals surface area contributed by atoms with Crippen molar-refractivity contribution < 1.29 is 4.39 Å². The molecule has 0 unspecified atom stereocenters. The van der Waals surface area contributed by atoms with Crippen LogP contribution in [-0.2, 0) is 0 Å². The highest BCUT2D eigenvalue weighted by molar-refractivity contribution is 5.85. The van der Waals surface area contributed by atoms with Crippen molar-refractivity contribution in [2.75, 3.05) is 18.0 Å². The summed E-state index contributed by atoms with van der Waals surface area (Å²) in [6.07, 6.45) is 5.22. The topological polar surface area (TPSA) is 31.9 Å². The Morgan fingerprint density at radius 2 is 1.86 bits per heavy atom. The minimum atomic E-state index is -0.238. The summed E-state index contributed by atoms with van der Waals surface area (Å²) in [4.78, 5) is 9.75. The molecule has 3 nitrogen and oxygen atoms in total. The minimum Gasteiger partial charge on any atom is -0.354 e. The van der Waals surface area contributed by atoms with Gasteiger partial charge >= 0.3 is 0 Å². The molecule has 4 rings (SSSR count). The Labute approximate surface area is 128 Å². The standard InChI is InChI=1S/C18H18FN3/c19-15-10-14(12-20-18(15)22-8-4-1-5-9-22)17-11-13-6-2-3-7-16(13)21-17/h2-3,6-7,10-12,21H,1,4-5,8-9H2. The average molecular weight is 295 g/mol. The van der Waals surface area contributed by atoms with Crippen molar-refractivity contribution >= 4 is 16.7 Å². The fraction of sp³-hybridized carbons (Fsp3) is 0.278. The molecule has 0 saturated carbocycles. The van der Waals surface area contributed by atoms with E-state index in [0.29, 0.717) is 5.82 Å². The van der Waals surface area contributed by atoms with E-state index in [1.54, 1.807) is 12.3 Å². The van der Waals surface area contributed by atoms with Gasteiger partial charge in [-0.1, -0.05) is 18.2 Å². The van der Waals surface area contributed by atoms with Crippen LogP contribution in [0.3, 0.4) is 0 Å². The number of aromatic nitrogens is 2. The third kappa shape index (κ3) is 2.34. The molecular formula is C18H18FN3. The van der Waals surface area contributed by atoms with Crippen molar-refractivity contribution in [1.29, 1.82) is 0 Å². The Hall–Kier alpha value is -2.36. The zero-order valence-electron chi connectivity index (χ0n) is 12.3. The SMILES string of the molecule is Fc1cc(-c2cc3ccccc3[nH]2)cnc1N1CCCCC1. The van der Waals surface area contributed by atoms with E-state index >= 15 is 0 Å². The molecule has 1 fully saturated rings. The van der Waals surface area contributed by atoms with E-state index < -0.39 is 0 Å². The molecule has 4 heteroatoms. The Bertz CT molecular complexity index is 770. The molecule has 1 aliphatic rings. The van der Waals surface area contributed by atoms with E-state index in [1.807, 2.05) is 35.2 Å². The maximum absolute atomic E-state index is 14.5. The molecule has 0 radical (unpaired) electrons. The van der Waals surface area contributed by atoms with Crippen LogP contribution in [0.1, 0.15) is 19.3 Å². The van der Waals surface area contributed by atoms with Crippen LogP contribution in [0.4, 0.5) is 10.2 Å². The summed E-state index contributed by atoms with van der Waals surface area (Å²) < 4.78 is 14.5. The highest BCUT2D eigenvalue weighted by Gasteiger charge is 2.17. The number of aromatic amines is 1. The van der Waals surface area contributed by atoms with Gasteiger partial charge in [0.25, 0.3) is 0 Å². The molecular weight excluding hydrogens is 277 g/mol. The number of nitrogens with zero attached hydrogens (tertiary/aromatic N) is 2. The summed E-state index contributed by atoms with van der Waals surface area (Å²) in [5.41, 5.74) is 2.74. The summed E-state index contributed by atoms with van der Waals surface area (Å²) in [7, 11) is 0. The second kappa shape index (κ2) is 5.44. The van der Waals surface area contributed by atoms with Crippen LogP contribution in [0.2, 0.25) is 0 Å². The lowest BCUT2D eigenvalue weighted by atomic mass is 10.1. The van der Waals surface area contributed by atoms with Crippen LogP contribution in [0.15, 0.2) is 42.6 Å². The van der Waals surface area contributed by atoms with Gasteiger partial charge in [0.1, 0.15) is 0 Å². The number of anilines is 1. The van der Waals surface area contributed by atoms with Gasteiger partial charge in [-0.3, -0.25) is 0 Å². The molecule has 0 spiro atoms. The molecule has 3 aromatic rings. The molecule has 2 aromatic heterocycles. The summed E-state index contributed by atoms with van der Waals surface area (Å²) in [5, 5.41) is 1.12. The molecule has 1 aliphatic heterocycles. The van der Waals surface area contributed by atoms with Gasteiger partial charge in [0.05, 0.1) is 0 Å². The van der Waals surface area contributed by atoms with E-state index in [2.05, 4.69) is 9.97 Å². The van der Waals surface area contributed by atoms with Crippen LogP contribution in [-0.4, -0.2) is 23.1 Å². The number of hydrogen-bond acceptors (Lipinski definition) is 2. The molecule has 0 bridgehead atoms. The molecule has 1 saturated heterocycles. The molecule has 112 valence electrons. The van der Waals surface area contributed by atoms with E-state index in [9.17, 15) is 4.39 Å². The maximum atomic E-state index is 14.5. The van der Waals surface area contributed by atoms with Gasteiger partial charge in [0, 0.05) is 41.4 Å². The molecule has 0 aliphatic carbocycles. The number of halogens is 1. The fourth-order valence-corrected chi connectivity index (χ4v) is 3.15. The highest BCUT2D eigenvalue weighted by Crippen LogP contribution is 2.27. The van der Waals surface area contributed by atoms with Gasteiger partial charge in [0.2, 0.25) is 0 Å². The predicted octanol–water partition coefficient (Wildman–Crippen LogP) is 4.36. The zero-order valence-corrected chi connectivity index (χ0v) is 12.3. The largest absolute Gasteiger partial charge is 0.354 e. The quantitative estimate of drug-likeness (QED) is 0.761. The van der Waals surface area contributed by atoms with Crippen molar-refractivity contribution in [2.45, 2.75) is 19.3 Å². The normalized spacial score (nSPS) is 15.4. The average Bonchev–Trinajstić information content (AvgIpc) is 2.99. The molecule has 3 heterocycles. The van der Waals surface area contributed by atoms with E-state index in [1.165, 1.54) is 6.42 Å². The van der Waals surface area contributed by atoms with Gasteiger partial charge in [0.15, 0.2) is 11.6 Å².